The van der Waals surface area contributed by atoms with Crippen LogP contribution < -0.4 is 5.73 Å². The van der Waals surface area contributed by atoms with Crippen molar-refractivity contribution < 1.29 is 18.3 Å². The van der Waals surface area contributed by atoms with E-state index in [1.165, 1.54) is 16.4 Å². The van der Waals surface area contributed by atoms with Crippen LogP contribution in [0.5, 0.6) is 0 Å². The van der Waals surface area contributed by atoms with E-state index in [0.717, 1.165) is 0 Å². The average Bonchev–Trinajstić information content (AvgIpc) is 2.37. The zero-order chi connectivity index (χ0) is 15.0. The van der Waals surface area contributed by atoms with Crippen LogP contribution in [0.4, 0.5) is 5.69 Å². The highest BCUT2D eigenvalue weighted by atomic mass is 32.2. The topological polar surface area (TPSA) is 92.9 Å². The predicted molar refractivity (Wildman–Crippen MR) is 75.7 cm³/mol. The summed E-state index contributed by atoms with van der Waals surface area (Å²) in [4.78, 5) is 0.195. The van der Waals surface area contributed by atoms with Crippen molar-refractivity contribution >= 4 is 15.7 Å². The molecule has 1 aliphatic heterocycles. The molecule has 0 spiro atoms. The maximum absolute atomic E-state index is 12.6. The number of nitrogen functional groups attached to an aromatic ring is 1. The lowest BCUT2D eigenvalue weighted by Gasteiger charge is -2.41. The van der Waals surface area contributed by atoms with Crippen molar-refractivity contribution in [1.29, 1.82) is 0 Å². The molecular formula is C13H20N2O4S. The Morgan fingerprint density at radius 1 is 1.40 bits per heavy atom. The van der Waals surface area contributed by atoms with E-state index in [9.17, 15) is 13.5 Å². The Hall–Kier alpha value is -1.15. The van der Waals surface area contributed by atoms with Gasteiger partial charge in [-0.05, 0) is 38.1 Å². The summed E-state index contributed by atoms with van der Waals surface area (Å²) in [6, 6.07) is 6.09. The number of hydrogen-bond acceptors (Lipinski definition) is 5. The number of benzene rings is 1. The molecule has 20 heavy (non-hydrogen) atoms. The number of rotatable bonds is 3. The monoisotopic (exact) mass is 300 g/mol. The van der Waals surface area contributed by atoms with Gasteiger partial charge in [-0.2, -0.15) is 4.31 Å². The molecule has 0 radical (unpaired) electrons. The number of nitrogens with two attached hydrogens (primary N) is 1. The van der Waals surface area contributed by atoms with E-state index >= 15 is 0 Å². The van der Waals surface area contributed by atoms with Crippen LogP contribution in [0.3, 0.4) is 0 Å². The molecule has 7 heteroatoms. The number of aliphatic hydroxyl groups excluding tert-OH is 1. The smallest absolute Gasteiger partial charge is 0.243 e. The quantitative estimate of drug-likeness (QED) is 0.790. The van der Waals surface area contributed by atoms with Gasteiger partial charge in [0.25, 0.3) is 0 Å². The first-order chi connectivity index (χ1) is 9.24. The summed E-state index contributed by atoms with van der Waals surface area (Å²) in [7, 11) is -3.61. The minimum absolute atomic E-state index is 0.145. The maximum Gasteiger partial charge on any atom is 0.243 e. The molecule has 0 bridgehead atoms. The molecule has 1 atom stereocenters. The highest BCUT2D eigenvalue weighted by molar-refractivity contribution is 7.89. The molecule has 0 aromatic heterocycles. The fourth-order valence-corrected chi connectivity index (χ4v) is 3.93. The van der Waals surface area contributed by atoms with Gasteiger partial charge in [-0.25, -0.2) is 8.42 Å². The molecule has 0 saturated carbocycles. The lowest BCUT2D eigenvalue weighted by molar-refractivity contribution is -0.131. The summed E-state index contributed by atoms with van der Waals surface area (Å²) < 4.78 is 32.2. The molecule has 112 valence electrons. The normalized spacial score (nSPS) is 23.6. The molecule has 1 unspecified atom stereocenters. The second kappa shape index (κ2) is 5.33. The molecule has 2 rings (SSSR count). The third-order valence-corrected chi connectivity index (χ3v) is 5.00. The number of sulfonamides is 1. The molecule has 1 saturated heterocycles. The molecule has 1 aromatic rings. The molecule has 1 fully saturated rings. The van der Waals surface area contributed by atoms with Gasteiger partial charge in [0, 0.05) is 18.8 Å². The first-order valence-corrected chi connectivity index (χ1v) is 7.83. The molecule has 1 aliphatic rings. The van der Waals surface area contributed by atoms with Gasteiger partial charge in [0.05, 0.1) is 23.2 Å². The Kier molecular flexibility index (Phi) is 4.06. The Labute approximate surface area is 119 Å². The zero-order valence-electron chi connectivity index (χ0n) is 11.6. The van der Waals surface area contributed by atoms with Crippen molar-refractivity contribution in [2.24, 2.45) is 0 Å². The summed E-state index contributed by atoms with van der Waals surface area (Å²) >= 11 is 0. The van der Waals surface area contributed by atoms with E-state index in [1.807, 2.05) is 0 Å². The third kappa shape index (κ3) is 3.12. The van der Waals surface area contributed by atoms with E-state index in [2.05, 4.69) is 0 Å². The Balaban J connectivity index is 2.31. The lowest BCUT2D eigenvalue weighted by Crippen LogP contribution is -2.55. The number of ether oxygens (including phenoxy) is 1. The summed E-state index contributed by atoms with van der Waals surface area (Å²) in [6.07, 6.45) is -0.512. The summed E-state index contributed by atoms with van der Waals surface area (Å²) in [5.74, 6) is 0. The van der Waals surface area contributed by atoms with Crippen LogP contribution in [0.15, 0.2) is 29.2 Å². The van der Waals surface area contributed by atoms with E-state index in [-0.39, 0.29) is 24.6 Å². The number of morpholine rings is 1. The molecule has 1 aromatic carbocycles. The van der Waals surface area contributed by atoms with Gasteiger partial charge in [0.2, 0.25) is 10.0 Å². The summed E-state index contributed by atoms with van der Waals surface area (Å²) in [5, 5.41) is 9.25. The molecule has 0 amide bonds. The van der Waals surface area contributed by atoms with Crippen LogP contribution >= 0.6 is 0 Å². The van der Waals surface area contributed by atoms with E-state index in [1.54, 1.807) is 26.0 Å². The zero-order valence-corrected chi connectivity index (χ0v) is 12.4. The molecule has 6 nitrogen and oxygen atoms in total. The first kappa shape index (κ1) is 15.2. The van der Waals surface area contributed by atoms with Crippen molar-refractivity contribution in [2.45, 2.75) is 30.4 Å². The highest BCUT2D eigenvalue weighted by Crippen LogP contribution is 2.26. The first-order valence-electron chi connectivity index (χ1n) is 6.39. The lowest BCUT2D eigenvalue weighted by atomic mass is 10.1. The van der Waals surface area contributed by atoms with Crippen LogP contribution in [0.1, 0.15) is 13.8 Å². The van der Waals surface area contributed by atoms with Gasteiger partial charge in [-0.15, -0.1) is 0 Å². The highest BCUT2D eigenvalue weighted by Gasteiger charge is 2.39. The van der Waals surface area contributed by atoms with Gasteiger partial charge in [-0.1, -0.05) is 0 Å². The van der Waals surface area contributed by atoms with Crippen molar-refractivity contribution in [1.82, 2.24) is 4.31 Å². The molecule has 0 aliphatic carbocycles. The van der Waals surface area contributed by atoms with Gasteiger partial charge in [0.1, 0.15) is 0 Å². The van der Waals surface area contributed by atoms with Crippen LogP contribution in [0, 0.1) is 0 Å². The van der Waals surface area contributed by atoms with Gasteiger partial charge in [-0.3, -0.25) is 0 Å². The van der Waals surface area contributed by atoms with Gasteiger partial charge in [0.15, 0.2) is 0 Å². The number of hydrogen-bond donors (Lipinski definition) is 2. The van der Waals surface area contributed by atoms with E-state index < -0.39 is 21.7 Å². The summed E-state index contributed by atoms with van der Waals surface area (Å²) in [5.41, 5.74) is 5.45. The molecular weight excluding hydrogens is 280 g/mol. The van der Waals surface area contributed by atoms with Gasteiger partial charge < -0.3 is 15.6 Å². The Morgan fingerprint density at radius 3 is 2.55 bits per heavy atom. The van der Waals surface area contributed by atoms with Crippen molar-refractivity contribution in [3.8, 4) is 0 Å². The fraction of sp³-hybridized carbons (Fsp3) is 0.538. The van der Waals surface area contributed by atoms with Crippen molar-refractivity contribution in [2.75, 3.05) is 25.4 Å². The Morgan fingerprint density at radius 2 is 2.00 bits per heavy atom. The van der Waals surface area contributed by atoms with E-state index in [0.29, 0.717) is 5.69 Å². The molecule has 1 heterocycles. The van der Waals surface area contributed by atoms with E-state index in [4.69, 9.17) is 10.5 Å². The van der Waals surface area contributed by atoms with Crippen molar-refractivity contribution in [3.63, 3.8) is 0 Å². The number of aliphatic hydroxyl groups is 1. The number of anilines is 1. The van der Waals surface area contributed by atoms with Crippen LogP contribution in [0.2, 0.25) is 0 Å². The number of nitrogens with zero attached hydrogens (tertiary/aromatic N) is 1. The van der Waals surface area contributed by atoms with Crippen LogP contribution in [-0.2, 0) is 14.8 Å². The average molecular weight is 300 g/mol. The van der Waals surface area contributed by atoms with Crippen LogP contribution in [-0.4, -0.2) is 49.2 Å². The Bertz CT molecular complexity index is 569. The minimum atomic E-state index is -3.61. The van der Waals surface area contributed by atoms with Gasteiger partial charge >= 0.3 is 0 Å². The SMILES string of the molecule is CC1(C)CN(S(=O)(=O)c2ccc(N)cc2)CC(CO)O1. The minimum Gasteiger partial charge on any atom is -0.399 e. The van der Waals surface area contributed by atoms with Crippen LogP contribution in [0.25, 0.3) is 0 Å². The third-order valence-electron chi connectivity index (χ3n) is 3.17. The molecule has 3 N–H and O–H groups in total. The maximum atomic E-state index is 12.6. The van der Waals surface area contributed by atoms with Crippen molar-refractivity contribution in [3.05, 3.63) is 24.3 Å². The standard InChI is InChI=1S/C13H20N2O4S/c1-13(2)9-15(7-11(8-16)19-13)20(17,18)12-5-3-10(14)4-6-12/h3-6,11,16H,7-9,14H2,1-2H3. The fourth-order valence-electron chi connectivity index (χ4n) is 2.31. The second-order valence-electron chi connectivity index (χ2n) is 5.55. The largest absolute Gasteiger partial charge is 0.399 e. The predicted octanol–water partition coefficient (Wildman–Crippen LogP) is 0.429. The summed E-state index contributed by atoms with van der Waals surface area (Å²) in [6.45, 7) is 3.79. The second-order valence-corrected chi connectivity index (χ2v) is 7.49.